The number of aliphatic hydroxyl groups is 2. The molecule has 1 aliphatic rings. The molecule has 1 heterocycles. The Kier molecular flexibility index (Phi) is 2.80. The third-order valence-corrected chi connectivity index (χ3v) is 1.95. The van der Waals surface area contributed by atoms with Gasteiger partial charge in [0, 0.05) is 0 Å². The number of aliphatic hydroxyl groups excluding tert-OH is 2. The van der Waals surface area contributed by atoms with Crippen molar-refractivity contribution in [3.8, 4) is 0 Å². The van der Waals surface area contributed by atoms with E-state index in [1.54, 1.807) is 0 Å². The van der Waals surface area contributed by atoms with Gasteiger partial charge in [-0.15, -0.1) is 0 Å². The van der Waals surface area contributed by atoms with Crippen LogP contribution >= 0.6 is 0 Å². The Bertz CT molecular complexity index is 131. The highest BCUT2D eigenvalue weighted by Gasteiger charge is 2.34. The zero-order chi connectivity index (χ0) is 8.43. The fourth-order valence-corrected chi connectivity index (χ4v) is 1.12. The molecule has 0 aromatic carbocycles. The fourth-order valence-electron chi connectivity index (χ4n) is 1.12. The van der Waals surface area contributed by atoms with Crippen molar-refractivity contribution in [2.75, 3.05) is 13.2 Å². The molecule has 0 aliphatic carbocycles. The van der Waals surface area contributed by atoms with E-state index in [-0.39, 0.29) is 13.2 Å². The van der Waals surface area contributed by atoms with Crippen LogP contribution in [-0.2, 0) is 4.74 Å². The largest absolute Gasteiger partial charge is 0.394 e. The first kappa shape index (κ1) is 8.89. The second-order valence-corrected chi connectivity index (χ2v) is 2.79. The van der Waals surface area contributed by atoms with Gasteiger partial charge in [0.2, 0.25) is 0 Å². The van der Waals surface area contributed by atoms with E-state index < -0.39 is 24.3 Å². The van der Waals surface area contributed by atoms with Gasteiger partial charge in [0.1, 0.15) is 0 Å². The van der Waals surface area contributed by atoms with Gasteiger partial charge >= 0.3 is 0 Å². The third kappa shape index (κ3) is 1.69. The molecule has 5 heteroatoms. The van der Waals surface area contributed by atoms with Gasteiger partial charge in [-0.1, -0.05) is 0 Å². The van der Waals surface area contributed by atoms with Gasteiger partial charge in [0.15, 0.2) is 0 Å². The van der Waals surface area contributed by atoms with Crippen LogP contribution in [0, 0.1) is 0 Å². The first-order valence-corrected chi connectivity index (χ1v) is 3.58. The van der Waals surface area contributed by atoms with Gasteiger partial charge in [0.25, 0.3) is 0 Å². The van der Waals surface area contributed by atoms with Gasteiger partial charge in [0.05, 0.1) is 37.5 Å². The Morgan fingerprint density at radius 2 is 2.09 bits per heavy atom. The monoisotopic (exact) mass is 162 g/mol. The summed E-state index contributed by atoms with van der Waals surface area (Å²) in [6.07, 6.45) is -1.26. The van der Waals surface area contributed by atoms with E-state index in [0.29, 0.717) is 0 Å². The lowest BCUT2D eigenvalue weighted by atomic mass is 9.97. The molecule has 0 unspecified atom stereocenters. The summed E-state index contributed by atoms with van der Waals surface area (Å²) in [5.41, 5.74) is 11.0. The summed E-state index contributed by atoms with van der Waals surface area (Å²) in [4.78, 5) is 0. The van der Waals surface area contributed by atoms with Crippen molar-refractivity contribution in [3.63, 3.8) is 0 Å². The van der Waals surface area contributed by atoms with Crippen LogP contribution in [0.1, 0.15) is 0 Å². The molecule has 0 saturated carbocycles. The number of rotatable bonds is 1. The Morgan fingerprint density at radius 3 is 2.64 bits per heavy atom. The van der Waals surface area contributed by atoms with E-state index in [1.807, 2.05) is 0 Å². The van der Waals surface area contributed by atoms with E-state index in [4.69, 9.17) is 21.3 Å². The normalized spacial score (nSPS) is 45.8. The highest BCUT2D eigenvalue weighted by molar-refractivity contribution is 4.91. The fraction of sp³-hybridized carbons (Fsp3) is 1.00. The lowest BCUT2D eigenvalue weighted by Crippen LogP contribution is -2.61. The summed E-state index contributed by atoms with van der Waals surface area (Å²) in [5, 5.41) is 18.0. The van der Waals surface area contributed by atoms with Crippen molar-refractivity contribution in [2.24, 2.45) is 11.5 Å². The molecule has 6 N–H and O–H groups in total. The highest BCUT2D eigenvalue weighted by atomic mass is 16.5. The molecular weight excluding hydrogens is 148 g/mol. The molecule has 4 atom stereocenters. The quantitative estimate of drug-likeness (QED) is 0.338. The van der Waals surface area contributed by atoms with Crippen LogP contribution in [0.5, 0.6) is 0 Å². The van der Waals surface area contributed by atoms with Crippen LogP contribution in [0.15, 0.2) is 0 Å². The van der Waals surface area contributed by atoms with Crippen molar-refractivity contribution in [1.82, 2.24) is 0 Å². The van der Waals surface area contributed by atoms with Crippen LogP contribution in [0.2, 0.25) is 0 Å². The van der Waals surface area contributed by atoms with Crippen molar-refractivity contribution < 1.29 is 14.9 Å². The second kappa shape index (κ2) is 3.46. The first-order valence-electron chi connectivity index (χ1n) is 3.58. The van der Waals surface area contributed by atoms with E-state index in [2.05, 4.69) is 0 Å². The minimum Gasteiger partial charge on any atom is -0.394 e. The third-order valence-electron chi connectivity index (χ3n) is 1.95. The number of hydrogen-bond donors (Lipinski definition) is 4. The molecule has 0 bridgehead atoms. The van der Waals surface area contributed by atoms with E-state index in [0.717, 1.165) is 0 Å². The predicted molar refractivity (Wildman–Crippen MR) is 38.8 cm³/mol. The molecule has 66 valence electrons. The maximum atomic E-state index is 9.31. The molecule has 5 nitrogen and oxygen atoms in total. The molecule has 0 amide bonds. The molecule has 1 rings (SSSR count). The molecule has 0 spiro atoms. The summed E-state index contributed by atoms with van der Waals surface area (Å²) < 4.78 is 5.06. The molecule has 0 aromatic heterocycles. The van der Waals surface area contributed by atoms with Crippen LogP contribution < -0.4 is 11.5 Å². The van der Waals surface area contributed by atoms with Crippen LogP contribution in [-0.4, -0.2) is 47.7 Å². The Morgan fingerprint density at radius 1 is 1.45 bits per heavy atom. The molecule has 0 radical (unpaired) electrons. The average Bonchev–Trinajstić information content (AvgIpc) is 2.01. The molecular formula is C6H14N2O3. The summed E-state index contributed by atoms with van der Waals surface area (Å²) in [5.74, 6) is 0. The predicted octanol–water partition coefficient (Wildman–Crippen LogP) is -2.61. The maximum Gasteiger partial charge on any atom is 0.0982 e. The van der Waals surface area contributed by atoms with Gasteiger partial charge in [-0.25, -0.2) is 0 Å². The van der Waals surface area contributed by atoms with E-state index in [1.165, 1.54) is 0 Å². The first-order chi connectivity index (χ1) is 5.16. The molecule has 1 aliphatic heterocycles. The molecule has 1 saturated heterocycles. The molecule has 11 heavy (non-hydrogen) atoms. The van der Waals surface area contributed by atoms with Crippen molar-refractivity contribution >= 4 is 0 Å². The second-order valence-electron chi connectivity index (χ2n) is 2.79. The Balaban J connectivity index is 2.52. The zero-order valence-corrected chi connectivity index (χ0v) is 6.18. The van der Waals surface area contributed by atoms with Crippen molar-refractivity contribution in [1.29, 1.82) is 0 Å². The average molecular weight is 162 g/mol. The van der Waals surface area contributed by atoms with Crippen LogP contribution in [0.3, 0.4) is 0 Å². The zero-order valence-electron chi connectivity index (χ0n) is 6.18. The smallest absolute Gasteiger partial charge is 0.0982 e. The summed E-state index contributed by atoms with van der Waals surface area (Å²) in [7, 11) is 0. The Hall–Kier alpha value is -0.200. The topological polar surface area (TPSA) is 102 Å². The summed E-state index contributed by atoms with van der Waals surface area (Å²) >= 11 is 0. The van der Waals surface area contributed by atoms with Gasteiger partial charge in [-0.2, -0.15) is 0 Å². The highest BCUT2D eigenvalue weighted by Crippen LogP contribution is 2.11. The molecule has 0 aromatic rings. The van der Waals surface area contributed by atoms with E-state index >= 15 is 0 Å². The van der Waals surface area contributed by atoms with Gasteiger partial charge < -0.3 is 26.4 Å². The van der Waals surface area contributed by atoms with Gasteiger partial charge in [-0.05, 0) is 0 Å². The van der Waals surface area contributed by atoms with Crippen molar-refractivity contribution in [3.05, 3.63) is 0 Å². The lowest BCUT2D eigenvalue weighted by Gasteiger charge is -2.35. The van der Waals surface area contributed by atoms with Crippen LogP contribution in [0.4, 0.5) is 0 Å². The minimum atomic E-state index is -0.777. The van der Waals surface area contributed by atoms with Crippen LogP contribution in [0.25, 0.3) is 0 Å². The van der Waals surface area contributed by atoms with Crippen molar-refractivity contribution in [2.45, 2.75) is 24.3 Å². The lowest BCUT2D eigenvalue weighted by molar-refractivity contribution is -0.0902. The maximum absolute atomic E-state index is 9.31. The van der Waals surface area contributed by atoms with E-state index in [9.17, 15) is 5.11 Å². The number of hydrogen-bond acceptors (Lipinski definition) is 5. The Labute approximate surface area is 64.9 Å². The summed E-state index contributed by atoms with van der Waals surface area (Å²) in [6.45, 7) is 0.0744. The minimum absolute atomic E-state index is 0.176. The molecule has 1 fully saturated rings. The number of ether oxygens (including phenoxy) is 1. The SMILES string of the molecule is N[C@@H]1[C@H](O)[C@@H](N)CO[C@@H]1CO. The summed E-state index contributed by atoms with van der Waals surface area (Å²) in [6, 6.07) is -1.02. The van der Waals surface area contributed by atoms with Gasteiger partial charge in [-0.3, -0.25) is 0 Å². The number of nitrogens with two attached hydrogens (primary N) is 2. The standard InChI is InChI=1S/C6H14N2O3/c7-3-2-11-4(1-9)5(8)6(3)10/h3-6,9-10H,1-2,7-8H2/t3-,4+,5-,6+/m0/s1.